The third kappa shape index (κ3) is 7.62. The minimum Gasteiger partial charge on any atom is -0.478 e. The number of piperidine rings is 1. The van der Waals surface area contributed by atoms with Gasteiger partial charge in [-0.05, 0) is 79.6 Å². The summed E-state index contributed by atoms with van der Waals surface area (Å²) >= 11 is 0. The predicted molar refractivity (Wildman–Crippen MR) is 150 cm³/mol. The monoisotopic (exact) mass is 613 g/mol. The Hall–Kier alpha value is -4.71. The molecule has 3 N–H and O–H groups in total. The molecule has 0 amide bonds. The van der Waals surface area contributed by atoms with Crippen molar-refractivity contribution >= 4 is 23.9 Å². The van der Waals surface area contributed by atoms with Gasteiger partial charge in [0.1, 0.15) is 0 Å². The van der Waals surface area contributed by atoms with Crippen LogP contribution in [0.15, 0.2) is 66.7 Å². The molecular weight excluding hydrogens is 583 g/mol. The number of carbonyl (C=O) groups excluding carboxylic acids is 2. The van der Waals surface area contributed by atoms with E-state index in [2.05, 4.69) is 5.32 Å². The van der Waals surface area contributed by atoms with Gasteiger partial charge in [0, 0.05) is 13.1 Å². The first-order valence-corrected chi connectivity index (χ1v) is 13.7. The lowest BCUT2D eigenvalue weighted by Gasteiger charge is -2.21. The molecule has 0 spiro atoms. The summed E-state index contributed by atoms with van der Waals surface area (Å²) in [6.45, 7) is 5.29. The number of hydrogen-bond acceptors (Lipinski definition) is 7. The van der Waals surface area contributed by atoms with Crippen LogP contribution < -0.4 is 5.32 Å². The Bertz CT molecular complexity index is 1460. The standard InChI is InChI=1S/C20H18O8.C12H12F3N/c1-11-3-7-13(8-4-11)19(25)27-15(17(21)22)16(18(23)24)28-20(26)14-9-5-12(2)6-10-14;13-12(14,15)9-1-2-10-7-3-8(6-16-5-7)11(10)4-9/h3-10,15-16H,1-2H3,(H,21,22)(H,23,24);1-2,4,7-8,16H,3,5-6H2/t15-,16-;7-,8+/m00/s1. The first-order chi connectivity index (χ1) is 20.7. The van der Waals surface area contributed by atoms with Gasteiger partial charge >= 0.3 is 30.1 Å². The predicted octanol–water partition coefficient (Wildman–Crippen LogP) is 5.10. The van der Waals surface area contributed by atoms with Crippen LogP contribution in [0.3, 0.4) is 0 Å². The van der Waals surface area contributed by atoms with Crippen molar-refractivity contribution in [3.63, 3.8) is 0 Å². The van der Waals surface area contributed by atoms with Crippen LogP contribution in [-0.4, -0.2) is 59.4 Å². The summed E-state index contributed by atoms with van der Waals surface area (Å²) in [6, 6.07) is 16.3. The highest BCUT2D eigenvalue weighted by molar-refractivity contribution is 5.95. The molecule has 2 bridgehead atoms. The average Bonchev–Trinajstić information content (AvgIpc) is 3.23. The molecule has 1 aliphatic carbocycles. The van der Waals surface area contributed by atoms with E-state index in [4.69, 9.17) is 9.47 Å². The Morgan fingerprint density at radius 3 is 1.57 bits per heavy atom. The van der Waals surface area contributed by atoms with Crippen LogP contribution in [0.2, 0.25) is 0 Å². The van der Waals surface area contributed by atoms with Crippen molar-refractivity contribution in [3.8, 4) is 0 Å². The van der Waals surface area contributed by atoms with Gasteiger partial charge in [-0.25, -0.2) is 19.2 Å². The molecule has 2 aliphatic rings. The lowest BCUT2D eigenvalue weighted by atomic mass is 9.98. The molecule has 44 heavy (non-hydrogen) atoms. The number of carboxylic acids is 2. The number of benzene rings is 3. The van der Waals surface area contributed by atoms with Crippen molar-refractivity contribution in [2.24, 2.45) is 0 Å². The summed E-state index contributed by atoms with van der Waals surface area (Å²) in [6.07, 6.45) is -7.66. The van der Waals surface area contributed by atoms with Gasteiger partial charge in [0.15, 0.2) is 0 Å². The van der Waals surface area contributed by atoms with Crippen LogP contribution in [0, 0.1) is 13.8 Å². The number of nitrogens with one attached hydrogen (secondary N) is 1. The van der Waals surface area contributed by atoms with E-state index in [1.807, 2.05) is 0 Å². The largest absolute Gasteiger partial charge is 0.478 e. The second-order valence-corrected chi connectivity index (χ2v) is 10.7. The molecule has 1 saturated heterocycles. The highest BCUT2D eigenvalue weighted by Gasteiger charge is 2.41. The van der Waals surface area contributed by atoms with Gasteiger partial charge in [0.05, 0.1) is 16.7 Å². The van der Waals surface area contributed by atoms with Crippen molar-refractivity contribution in [1.29, 1.82) is 0 Å². The lowest BCUT2D eigenvalue weighted by Crippen LogP contribution is -2.45. The number of carboxylic acid groups (broad SMARTS) is 2. The van der Waals surface area contributed by atoms with E-state index in [9.17, 15) is 42.6 Å². The fourth-order valence-corrected chi connectivity index (χ4v) is 5.12. The fraction of sp³-hybridized carbons (Fsp3) is 0.312. The third-order valence-electron chi connectivity index (χ3n) is 7.45. The molecule has 9 nitrogen and oxygen atoms in total. The number of halogens is 3. The maximum atomic E-state index is 12.6. The number of aryl methyl sites for hydroxylation is 2. The fourth-order valence-electron chi connectivity index (χ4n) is 5.12. The molecule has 5 rings (SSSR count). The zero-order valence-corrected chi connectivity index (χ0v) is 23.8. The van der Waals surface area contributed by atoms with E-state index >= 15 is 0 Å². The Balaban J connectivity index is 0.000000231. The molecule has 0 radical (unpaired) electrons. The molecule has 1 heterocycles. The number of aliphatic carboxylic acids is 2. The third-order valence-corrected chi connectivity index (χ3v) is 7.45. The summed E-state index contributed by atoms with van der Waals surface area (Å²) in [4.78, 5) is 47.3. The van der Waals surface area contributed by atoms with Crippen molar-refractivity contribution in [2.45, 2.75) is 50.5 Å². The van der Waals surface area contributed by atoms with Crippen molar-refractivity contribution in [1.82, 2.24) is 5.32 Å². The number of rotatable bonds is 7. The molecule has 1 fully saturated rings. The van der Waals surface area contributed by atoms with Gasteiger partial charge in [-0.15, -0.1) is 0 Å². The Labute approximate surface area is 250 Å². The highest BCUT2D eigenvalue weighted by atomic mass is 19.4. The second-order valence-electron chi connectivity index (χ2n) is 10.7. The molecule has 0 unspecified atom stereocenters. The van der Waals surface area contributed by atoms with Crippen LogP contribution in [0.5, 0.6) is 0 Å². The molecule has 4 atom stereocenters. The minimum atomic E-state index is -4.22. The van der Waals surface area contributed by atoms with Crippen LogP contribution in [0.4, 0.5) is 13.2 Å². The van der Waals surface area contributed by atoms with E-state index in [1.54, 1.807) is 44.2 Å². The second kappa shape index (κ2) is 13.3. The smallest absolute Gasteiger partial charge is 0.416 e. The van der Waals surface area contributed by atoms with E-state index in [0.29, 0.717) is 5.92 Å². The summed E-state index contributed by atoms with van der Waals surface area (Å²) in [5, 5.41) is 21.9. The molecule has 12 heteroatoms. The van der Waals surface area contributed by atoms with Gasteiger partial charge in [0.2, 0.25) is 12.2 Å². The zero-order valence-electron chi connectivity index (χ0n) is 23.8. The van der Waals surface area contributed by atoms with Crippen LogP contribution >= 0.6 is 0 Å². The Morgan fingerprint density at radius 1 is 0.727 bits per heavy atom. The van der Waals surface area contributed by atoms with Gasteiger partial charge in [-0.2, -0.15) is 13.2 Å². The van der Waals surface area contributed by atoms with Crippen LogP contribution in [-0.2, 0) is 25.2 Å². The Morgan fingerprint density at radius 2 is 1.16 bits per heavy atom. The van der Waals surface area contributed by atoms with Gasteiger partial charge in [-0.1, -0.05) is 41.5 Å². The SMILES string of the molecule is Cc1ccc(C(=O)O[C@H](C(=O)O)[C@H](OC(=O)c2ccc(C)cc2)C(=O)O)cc1.FC(F)(F)c1ccc2c(c1)[C@H]1CNC[C@@H]2C1. The van der Waals surface area contributed by atoms with Crippen LogP contribution in [0.1, 0.15) is 66.8 Å². The topological polar surface area (TPSA) is 139 Å². The number of fused-ring (bicyclic) bond motifs is 5. The summed E-state index contributed by atoms with van der Waals surface area (Å²) in [5.74, 6) is -4.93. The Kier molecular flexibility index (Phi) is 9.73. The summed E-state index contributed by atoms with van der Waals surface area (Å²) in [7, 11) is 0. The first kappa shape index (κ1) is 32.2. The molecule has 3 aromatic rings. The molecular formula is C32H30F3NO8. The molecule has 232 valence electrons. The number of alkyl halides is 3. The van der Waals surface area contributed by atoms with Gasteiger partial charge in [-0.3, -0.25) is 0 Å². The highest BCUT2D eigenvalue weighted by Crippen LogP contribution is 2.45. The number of carbonyl (C=O) groups is 4. The van der Waals surface area contributed by atoms with Crippen molar-refractivity contribution in [3.05, 3.63) is 106 Å². The van der Waals surface area contributed by atoms with Crippen molar-refractivity contribution < 1.29 is 52.0 Å². The van der Waals surface area contributed by atoms with E-state index in [1.165, 1.54) is 36.4 Å². The normalized spacial score (nSPS) is 18.1. The minimum absolute atomic E-state index is 0.0332. The quantitative estimate of drug-likeness (QED) is 0.311. The number of esters is 2. The number of ether oxygens (including phenoxy) is 2. The van der Waals surface area contributed by atoms with Gasteiger partial charge < -0.3 is 25.0 Å². The van der Waals surface area contributed by atoms with E-state index in [-0.39, 0.29) is 17.0 Å². The van der Waals surface area contributed by atoms with Crippen LogP contribution in [0.25, 0.3) is 0 Å². The van der Waals surface area contributed by atoms with Crippen molar-refractivity contribution in [2.75, 3.05) is 13.1 Å². The lowest BCUT2D eigenvalue weighted by molar-refractivity contribution is -0.166. The zero-order chi connectivity index (χ0) is 32.2. The molecule has 0 aromatic heterocycles. The van der Waals surface area contributed by atoms with E-state index in [0.717, 1.165) is 41.8 Å². The summed E-state index contributed by atoms with van der Waals surface area (Å²) in [5.41, 5.74) is 3.30. The first-order valence-electron chi connectivity index (χ1n) is 13.7. The molecule has 3 aromatic carbocycles. The molecule has 1 aliphatic heterocycles. The average molecular weight is 614 g/mol. The number of hydrogen-bond donors (Lipinski definition) is 3. The summed E-state index contributed by atoms with van der Waals surface area (Å²) < 4.78 is 47.4. The molecule has 0 saturated carbocycles. The van der Waals surface area contributed by atoms with Gasteiger partial charge in [0.25, 0.3) is 0 Å². The maximum absolute atomic E-state index is 12.6. The maximum Gasteiger partial charge on any atom is 0.416 e. The van der Waals surface area contributed by atoms with E-state index < -0.39 is 47.8 Å².